The molecule has 2 aromatic rings. The van der Waals surface area contributed by atoms with Crippen molar-refractivity contribution in [2.75, 3.05) is 25.1 Å². The van der Waals surface area contributed by atoms with Gasteiger partial charge < -0.3 is 19.5 Å². The number of anilines is 1. The molecule has 2 aromatic carbocycles. The third-order valence-electron chi connectivity index (χ3n) is 3.31. The van der Waals surface area contributed by atoms with Crippen molar-refractivity contribution in [3.05, 3.63) is 54.1 Å². The SMILES string of the molecule is CCOCCOc1ccc(NC(=O)c2ccccc2OC(C)C)cc1. The molecule has 0 heterocycles. The Morgan fingerprint density at radius 1 is 1.04 bits per heavy atom. The zero-order valence-corrected chi connectivity index (χ0v) is 15.0. The molecule has 0 saturated carbocycles. The largest absolute Gasteiger partial charge is 0.491 e. The Morgan fingerprint density at radius 2 is 1.76 bits per heavy atom. The molecule has 1 N–H and O–H groups in total. The first kappa shape index (κ1) is 18.8. The fraction of sp³-hybridized carbons (Fsp3) is 0.350. The van der Waals surface area contributed by atoms with Crippen molar-refractivity contribution in [1.29, 1.82) is 0 Å². The summed E-state index contributed by atoms with van der Waals surface area (Å²) < 4.78 is 16.5. The molecule has 0 aliphatic heterocycles. The Kier molecular flexibility index (Phi) is 7.29. The van der Waals surface area contributed by atoms with Crippen LogP contribution in [-0.2, 0) is 4.74 Å². The average Bonchev–Trinajstić information content (AvgIpc) is 2.60. The molecule has 25 heavy (non-hydrogen) atoms. The molecule has 0 bridgehead atoms. The van der Waals surface area contributed by atoms with Crippen LogP contribution < -0.4 is 14.8 Å². The van der Waals surface area contributed by atoms with E-state index in [-0.39, 0.29) is 12.0 Å². The van der Waals surface area contributed by atoms with Crippen LogP contribution in [0.3, 0.4) is 0 Å². The van der Waals surface area contributed by atoms with Crippen LogP contribution in [0.4, 0.5) is 5.69 Å². The number of amides is 1. The summed E-state index contributed by atoms with van der Waals surface area (Å²) >= 11 is 0. The highest BCUT2D eigenvalue weighted by Gasteiger charge is 2.13. The van der Waals surface area contributed by atoms with Crippen LogP contribution in [0.5, 0.6) is 11.5 Å². The second kappa shape index (κ2) is 9.69. The van der Waals surface area contributed by atoms with E-state index >= 15 is 0 Å². The van der Waals surface area contributed by atoms with Gasteiger partial charge in [-0.25, -0.2) is 0 Å². The van der Waals surface area contributed by atoms with Gasteiger partial charge in [-0.3, -0.25) is 4.79 Å². The van der Waals surface area contributed by atoms with E-state index in [9.17, 15) is 4.79 Å². The van der Waals surface area contributed by atoms with Crippen molar-refractivity contribution in [1.82, 2.24) is 0 Å². The summed E-state index contributed by atoms with van der Waals surface area (Å²) in [4.78, 5) is 12.5. The average molecular weight is 343 g/mol. The lowest BCUT2D eigenvalue weighted by molar-refractivity contribution is 0.102. The second-order valence-corrected chi connectivity index (χ2v) is 5.69. The summed E-state index contributed by atoms with van der Waals surface area (Å²) in [5, 5.41) is 2.88. The Bertz CT molecular complexity index is 668. The molecule has 0 aromatic heterocycles. The van der Waals surface area contributed by atoms with Gasteiger partial charge in [-0.2, -0.15) is 0 Å². The van der Waals surface area contributed by atoms with Crippen LogP contribution in [-0.4, -0.2) is 31.8 Å². The van der Waals surface area contributed by atoms with Gasteiger partial charge in [0, 0.05) is 12.3 Å². The van der Waals surface area contributed by atoms with Crippen LogP contribution in [0, 0.1) is 0 Å². The summed E-state index contributed by atoms with van der Waals surface area (Å²) in [5.74, 6) is 1.10. The molecule has 0 aliphatic carbocycles. The molecule has 0 saturated heterocycles. The number of para-hydroxylation sites is 1. The van der Waals surface area contributed by atoms with Crippen molar-refractivity contribution < 1.29 is 19.0 Å². The first-order valence-corrected chi connectivity index (χ1v) is 8.47. The standard InChI is InChI=1S/C20H25NO4/c1-4-23-13-14-24-17-11-9-16(10-12-17)21-20(22)18-7-5-6-8-19(18)25-15(2)3/h5-12,15H,4,13-14H2,1-3H3,(H,21,22). The highest BCUT2D eigenvalue weighted by atomic mass is 16.5. The summed E-state index contributed by atoms with van der Waals surface area (Å²) in [6, 6.07) is 14.5. The van der Waals surface area contributed by atoms with Gasteiger partial charge in [0.15, 0.2) is 0 Å². The van der Waals surface area contributed by atoms with Gasteiger partial charge in [0.2, 0.25) is 0 Å². The predicted octanol–water partition coefficient (Wildman–Crippen LogP) is 4.14. The monoisotopic (exact) mass is 343 g/mol. The van der Waals surface area contributed by atoms with Gasteiger partial charge in [-0.15, -0.1) is 0 Å². The molecule has 0 fully saturated rings. The maximum atomic E-state index is 12.5. The van der Waals surface area contributed by atoms with Crippen molar-refractivity contribution in [3.8, 4) is 11.5 Å². The number of hydrogen-bond acceptors (Lipinski definition) is 4. The van der Waals surface area contributed by atoms with Crippen molar-refractivity contribution in [2.45, 2.75) is 26.9 Å². The van der Waals surface area contributed by atoms with Gasteiger partial charge >= 0.3 is 0 Å². The number of benzene rings is 2. The normalized spacial score (nSPS) is 10.6. The molecule has 1 amide bonds. The Labute approximate surface area is 148 Å². The van der Waals surface area contributed by atoms with Crippen LogP contribution in [0.1, 0.15) is 31.1 Å². The molecular formula is C20H25NO4. The van der Waals surface area contributed by atoms with Gasteiger partial charge in [-0.1, -0.05) is 12.1 Å². The van der Waals surface area contributed by atoms with Crippen LogP contribution in [0.25, 0.3) is 0 Å². The van der Waals surface area contributed by atoms with Gasteiger partial charge in [-0.05, 0) is 57.2 Å². The number of carbonyl (C=O) groups is 1. The zero-order chi connectivity index (χ0) is 18.1. The Balaban J connectivity index is 1.97. The lowest BCUT2D eigenvalue weighted by Gasteiger charge is -2.14. The quantitative estimate of drug-likeness (QED) is 0.695. The zero-order valence-electron chi connectivity index (χ0n) is 15.0. The molecule has 2 rings (SSSR count). The van der Waals surface area contributed by atoms with E-state index in [0.29, 0.717) is 36.8 Å². The highest BCUT2D eigenvalue weighted by molar-refractivity contribution is 6.06. The molecule has 0 atom stereocenters. The smallest absolute Gasteiger partial charge is 0.259 e. The molecule has 5 nitrogen and oxygen atoms in total. The van der Waals surface area contributed by atoms with Gasteiger partial charge in [0.1, 0.15) is 18.1 Å². The minimum Gasteiger partial charge on any atom is -0.491 e. The molecule has 134 valence electrons. The number of hydrogen-bond donors (Lipinski definition) is 1. The lowest BCUT2D eigenvalue weighted by Crippen LogP contribution is -2.15. The Morgan fingerprint density at radius 3 is 2.44 bits per heavy atom. The number of rotatable bonds is 9. The third-order valence-corrected chi connectivity index (χ3v) is 3.31. The maximum absolute atomic E-state index is 12.5. The first-order chi connectivity index (χ1) is 12.1. The minimum atomic E-state index is -0.207. The molecule has 0 unspecified atom stereocenters. The van der Waals surface area contributed by atoms with Crippen LogP contribution in [0.2, 0.25) is 0 Å². The summed E-state index contributed by atoms with van der Waals surface area (Å²) in [6.07, 6.45) is 0.00192. The number of carbonyl (C=O) groups excluding carboxylic acids is 1. The van der Waals surface area contributed by atoms with E-state index in [0.717, 1.165) is 5.75 Å². The topological polar surface area (TPSA) is 56.8 Å². The first-order valence-electron chi connectivity index (χ1n) is 8.47. The molecular weight excluding hydrogens is 318 g/mol. The van der Waals surface area contributed by atoms with Crippen molar-refractivity contribution >= 4 is 11.6 Å². The summed E-state index contributed by atoms with van der Waals surface area (Å²) in [5.41, 5.74) is 1.20. The fourth-order valence-electron chi connectivity index (χ4n) is 2.21. The molecule has 0 radical (unpaired) electrons. The maximum Gasteiger partial charge on any atom is 0.259 e. The predicted molar refractivity (Wildman–Crippen MR) is 98.6 cm³/mol. The lowest BCUT2D eigenvalue weighted by atomic mass is 10.1. The number of nitrogens with one attached hydrogen (secondary N) is 1. The fourth-order valence-corrected chi connectivity index (χ4v) is 2.21. The third kappa shape index (κ3) is 6.12. The minimum absolute atomic E-state index is 0.00192. The second-order valence-electron chi connectivity index (χ2n) is 5.69. The highest BCUT2D eigenvalue weighted by Crippen LogP contribution is 2.22. The van der Waals surface area contributed by atoms with Crippen molar-refractivity contribution in [2.24, 2.45) is 0 Å². The van der Waals surface area contributed by atoms with Crippen LogP contribution in [0.15, 0.2) is 48.5 Å². The number of ether oxygens (including phenoxy) is 3. The van der Waals surface area contributed by atoms with E-state index in [1.165, 1.54) is 0 Å². The molecule has 5 heteroatoms. The van der Waals surface area contributed by atoms with E-state index in [2.05, 4.69) is 5.32 Å². The summed E-state index contributed by atoms with van der Waals surface area (Å²) in [6.45, 7) is 7.54. The van der Waals surface area contributed by atoms with E-state index in [1.807, 2.05) is 45.0 Å². The van der Waals surface area contributed by atoms with Crippen LogP contribution >= 0.6 is 0 Å². The van der Waals surface area contributed by atoms with Gasteiger partial charge in [0.25, 0.3) is 5.91 Å². The molecule has 0 spiro atoms. The molecule has 0 aliphatic rings. The van der Waals surface area contributed by atoms with Crippen molar-refractivity contribution in [3.63, 3.8) is 0 Å². The summed E-state index contributed by atoms with van der Waals surface area (Å²) in [7, 11) is 0. The van der Waals surface area contributed by atoms with Gasteiger partial charge in [0.05, 0.1) is 18.3 Å². The van der Waals surface area contributed by atoms with E-state index in [1.54, 1.807) is 24.3 Å². The van der Waals surface area contributed by atoms with E-state index in [4.69, 9.17) is 14.2 Å². The Hall–Kier alpha value is -2.53. The van der Waals surface area contributed by atoms with E-state index < -0.39 is 0 Å².